The van der Waals surface area contributed by atoms with Crippen LogP contribution in [-0.2, 0) is 13.0 Å². The van der Waals surface area contributed by atoms with E-state index in [1.807, 2.05) is 6.07 Å². The topological polar surface area (TPSA) is 12.0 Å². The Bertz CT molecular complexity index is 549. The second-order valence-electron chi connectivity index (χ2n) is 4.92. The summed E-state index contributed by atoms with van der Waals surface area (Å²) in [4.78, 5) is 0. The molecule has 0 aliphatic rings. The quantitative estimate of drug-likeness (QED) is 0.804. The van der Waals surface area contributed by atoms with Crippen molar-refractivity contribution >= 4 is 0 Å². The van der Waals surface area contributed by atoms with Gasteiger partial charge in [-0.25, -0.2) is 4.39 Å². The van der Waals surface area contributed by atoms with E-state index < -0.39 is 0 Å². The summed E-state index contributed by atoms with van der Waals surface area (Å²) >= 11 is 0. The number of benzene rings is 2. The van der Waals surface area contributed by atoms with Crippen LogP contribution in [0.1, 0.15) is 22.3 Å². The fourth-order valence-corrected chi connectivity index (χ4v) is 2.15. The Morgan fingerprint density at radius 1 is 1.05 bits per heavy atom. The highest BCUT2D eigenvalue weighted by atomic mass is 19.1. The minimum atomic E-state index is -0.160. The number of hydrogen-bond acceptors (Lipinski definition) is 1. The highest BCUT2D eigenvalue weighted by Crippen LogP contribution is 2.12. The van der Waals surface area contributed by atoms with Gasteiger partial charge in [0.05, 0.1) is 0 Å². The van der Waals surface area contributed by atoms with Crippen LogP contribution in [0.5, 0.6) is 0 Å². The molecule has 0 saturated heterocycles. The number of aryl methyl sites for hydroxylation is 1. The standard InChI is InChI=1S/C17H20FN/c1-13-5-3-7-16(14(13)2)12-19-10-9-15-6-4-8-17(18)11-15/h3-8,11,19H,9-10,12H2,1-2H3. The Morgan fingerprint density at radius 2 is 1.84 bits per heavy atom. The molecule has 0 spiro atoms. The third kappa shape index (κ3) is 3.90. The molecule has 0 fully saturated rings. The third-order valence-corrected chi connectivity index (χ3v) is 3.51. The maximum atomic E-state index is 13.0. The van der Waals surface area contributed by atoms with Crippen molar-refractivity contribution in [1.29, 1.82) is 0 Å². The number of hydrogen-bond donors (Lipinski definition) is 1. The van der Waals surface area contributed by atoms with Crippen LogP contribution in [0.25, 0.3) is 0 Å². The molecule has 2 rings (SSSR count). The van der Waals surface area contributed by atoms with E-state index in [9.17, 15) is 4.39 Å². The molecular weight excluding hydrogens is 237 g/mol. The summed E-state index contributed by atoms with van der Waals surface area (Å²) in [5, 5.41) is 3.42. The molecule has 0 saturated carbocycles. The van der Waals surface area contributed by atoms with E-state index in [0.717, 1.165) is 25.1 Å². The fraction of sp³-hybridized carbons (Fsp3) is 0.294. The van der Waals surface area contributed by atoms with Gasteiger partial charge >= 0.3 is 0 Å². The lowest BCUT2D eigenvalue weighted by atomic mass is 10.0. The van der Waals surface area contributed by atoms with Crippen LogP contribution in [0.4, 0.5) is 4.39 Å². The molecule has 2 heteroatoms. The zero-order valence-electron chi connectivity index (χ0n) is 11.5. The molecule has 0 heterocycles. The summed E-state index contributed by atoms with van der Waals surface area (Å²) in [6.07, 6.45) is 0.850. The van der Waals surface area contributed by atoms with Crippen molar-refractivity contribution in [3.8, 4) is 0 Å². The van der Waals surface area contributed by atoms with Gasteiger partial charge in [-0.15, -0.1) is 0 Å². The molecule has 1 nitrogen and oxygen atoms in total. The second-order valence-corrected chi connectivity index (χ2v) is 4.92. The van der Waals surface area contributed by atoms with Gasteiger partial charge < -0.3 is 5.32 Å². The van der Waals surface area contributed by atoms with Crippen molar-refractivity contribution in [1.82, 2.24) is 5.32 Å². The van der Waals surface area contributed by atoms with Crippen LogP contribution < -0.4 is 5.32 Å². The van der Waals surface area contributed by atoms with Gasteiger partial charge in [0.1, 0.15) is 5.82 Å². The lowest BCUT2D eigenvalue weighted by Crippen LogP contribution is -2.17. The first-order valence-corrected chi connectivity index (χ1v) is 6.67. The third-order valence-electron chi connectivity index (χ3n) is 3.51. The summed E-state index contributed by atoms with van der Waals surface area (Å²) in [6, 6.07) is 13.2. The number of rotatable bonds is 5. The van der Waals surface area contributed by atoms with Crippen LogP contribution in [0.2, 0.25) is 0 Å². The lowest BCUT2D eigenvalue weighted by molar-refractivity contribution is 0.622. The van der Waals surface area contributed by atoms with Gasteiger partial charge in [-0.1, -0.05) is 30.3 Å². The first-order valence-electron chi connectivity index (χ1n) is 6.67. The summed E-state index contributed by atoms with van der Waals surface area (Å²) < 4.78 is 13.0. The van der Waals surface area contributed by atoms with Crippen LogP contribution in [-0.4, -0.2) is 6.54 Å². The van der Waals surface area contributed by atoms with E-state index in [-0.39, 0.29) is 5.82 Å². The zero-order chi connectivity index (χ0) is 13.7. The van der Waals surface area contributed by atoms with Gasteiger partial charge in [-0.3, -0.25) is 0 Å². The maximum absolute atomic E-state index is 13.0. The molecule has 100 valence electrons. The van der Waals surface area contributed by atoms with Crippen LogP contribution in [0.3, 0.4) is 0 Å². The summed E-state index contributed by atoms with van der Waals surface area (Å²) in [7, 11) is 0. The Kier molecular flexibility index (Phi) is 4.69. The maximum Gasteiger partial charge on any atom is 0.123 e. The van der Waals surface area contributed by atoms with Crippen molar-refractivity contribution in [2.75, 3.05) is 6.54 Å². The van der Waals surface area contributed by atoms with E-state index in [4.69, 9.17) is 0 Å². The van der Waals surface area contributed by atoms with E-state index in [2.05, 4.69) is 37.4 Å². The van der Waals surface area contributed by atoms with E-state index in [1.54, 1.807) is 12.1 Å². The number of nitrogens with one attached hydrogen (secondary N) is 1. The predicted octanol–water partition coefficient (Wildman–Crippen LogP) is 3.77. The molecule has 0 aliphatic carbocycles. The first kappa shape index (κ1) is 13.8. The van der Waals surface area contributed by atoms with Crippen molar-refractivity contribution in [3.63, 3.8) is 0 Å². The second kappa shape index (κ2) is 6.48. The van der Waals surface area contributed by atoms with Crippen molar-refractivity contribution in [2.45, 2.75) is 26.8 Å². The van der Waals surface area contributed by atoms with Crippen molar-refractivity contribution in [3.05, 3.63) is 70.5 Å². The van der Waals surface area contributed by atoms with Gasteiger partial charge in [0.2, 0.25) is 0 Å². The average molecular weight is 257 g/mol. The van der Waals surface area contributed by atoms with Crippen molar-refractivity contribution < 1.29 is 4.39 Å². The molecule has 0 bridgehead atoms. The highest BCUT2D eigenvalue weighted by molar-refractivity contribution is 5.32. The van der Waals surface area contributed by atoms with E-state index in [0.29, 0.717) is 0 Å². The van der Waals surface area contributed by atoms with Crippen LogP contribution in [0.15, 0.2) is 42.5 Å². The molecule has 2 aromatic carbocycles. The highest BCUT2D eigenvalue weighted by Gasteiger charge is 2.00. The van der Waals surface area contributed by atoms with Gasteiger partial charge in [-0.2, -0.15) is 0 Å². The Labute approximate surface area is 114 Å². The fourth-order valence-electron chi connectivity index (χ4n) is 2.15. The van der Waals surface area contributed by atoms with Crippen LogP contribution >= 0.6 is 0 Å². The molecule has 0 aromatic heterocycles. The molecule has 0 aliphatic heterocycles. The molecule has 0 radical (unpaired) electrons. The molecule has 0 unspecified atom stereocenters. The summed E-state index contributed by atoms with van der Waals surface area (Å²) in [5.74, 6) is -0.160. The van der Waals surface area contributed by atoms with Crippen LogP contribution in [0, 0.1) is 19.7 Å². The molecular formula is C17H20FN. The minimum absolute atomic E-state index is 0.160. The predicted molar refractivity (Wildman–Crippen MR) is 77.7 cm³/mol. The zero-order valence-corrected chi connectivity index (χ0v) is 11.5. The van der Waals surface area contributed by atoms with E-state index >= 15 is 0 Å². The smallest absolute Gasteiger partial charge is 0.123 e. The Balaban J connectivity index is 1.82. The normalized spacial score (nSPS) is 10.7. The van der Waals surface area contributed by atoms with Gasteiger partial charge in [0.15, 0.2) is 0 Å². The monoisotopic (exact) mass is 257 g/mol. The largest absolute Gasteiger partial charge is 0.312 e. The molecule has 19 heavy (non-hydrogen) atoms. The Morgan fingerprint density at radius 3 is 2.63 bits per heavy atom. The lowest BCUT2D eigenvalue weighted by Gasteiger charge is -2.10. The number of halogens is 1. The summed E-state index contributed by atoms with van der Waals surface area (Å²) in [6.45, 7) is 6.00. The molecule has 0 atom stereocenters. The molecule has 2 aromatic rings. The van der Waals surface area contributed by atoms with Crippen molar-refractivity contribution in [2.24, 2.45) is 0 Å². The van der Waals surface area contributed by atoms with E-state index in [1.165, 1.54) is 22.8 Å². The summed E-state index contributed by atoms with van der Waals surface area (Å²) in [5.41, 5.74) is 5.04. The first-order chi connectivity index (χ1) is 9.16. The van der Waals surface area contributed by atoms with Gasteiger partial charge in [0, 0.05) is 6.54 Å². The average Bonchev–Trinajstić information content (AvgIpc) is 2.39. The van der Waals surface area contributed by atoms with Gasteiger partial charge in [-0.05, 0) is 61.2 Å². The molecule has 0 amide bonds. The van der Waals surface area contributed by atoms with Gasteiger partial charge in [0.25, 0.3) is 0 Å². The minimum Gasteiger partial charge on any atom is -0.312 e. The Hall–Kier alpha value is -1.67. The SMILES string of the molecule is Cc1cccc(CNCCc2cccc(F)c2)c1C. The molecule has 1 N–H and O–H groups in total.